The molecule has 0 aromatic heterocycles. The Morgan fingerprint density at radius 1 is 1.29 bits per heavy atom. The zero-order chi connectivity index (χ0) is 13.1. The number of alkyl halides is 3. The predicted octanol–water partition coefficient (Wildman–Crippen LogP) is 0.873. The minimum absolute atomic E-state index is 0.472. The van der Waals surface area contributed by atoms with Gasteiger partial charge in [0, 0.05) is 13.1 Å². The molecule has 1 saturated heterocycles. The SMILES string of the molecule is N=C(C(O)OC(=O)C(F)(F)F)N1CCCCC1. The summed E-state index contributed by atoms with van der Waals surface area (Å²) in [4.78, 5) is 11.8. The van der Waals surface area contributed by atoms with Crippen molar-refractivity contribution in [3.63, 3.8) is 0 Å². The highest BCUT2D eigenvalue weighted by Gasteiger charge is 2.43. The lowest BCUT2D eigenvalue weighted by Gasteiger charge is -2.30. The average Bonchev–Trinajstić information content (AvgIpc) is 2.27. The molecule has 1 fully saturated rings. The van der Waals surface area contributed by atoms with Gasteiger partial charge in [-0.1, -0.05) is 0 Å². The normalized spacial score (nSPS) is 18.7. The number of rotatable bonds is 2. The number of carbonyl (C=O) groups excluding carboxylic acids is 1. The number of nitrogens with one attached hydrogen (secondary N) is 1. The number of halogens is 3. The summed E-state index contributed by atoms with van der Waals surface area (Å²) in [5, 5.41) is 16.6. The van der Waals surface area contributed by atoms with E-state index in [-0.39, 0.29) is 0 Å². The van der Waals surface area contributed by atoms with Crippen LogP contribution in [0.1, 0.15) is 19.3 Å². The van der Waals surface area contributed by atoms with Gasteiger partial charge in [-0.2, -0.15) is 13.2 Å². The van der Waals surface area contributed by atoms with Gasteiger partial charge >= 0.3 is 12.1 Å². The minimum atomic E-state index is -5.16. The molecule has 0 radical (unpaired) electrons. The van der Waals surface area contributed by atoms with Crippen molar-refractivity contribution in [2.24, 2.45) is 0 Å². The molecule has 1 atom stereocenters. The Kier molecular flexibility index (Phi) is 4.33. The third kappa shape index (κ3) is 3.88. The molecular weight excluding hydrogens is 241 g/mol. The van der Waals surface area contributed by atoms with Crippen LogP contribution in [0.4, 0.5) is 13.2 Å². The van der Waals surface area contributed by atoms with E-state index >= 15 is 0 Å². The number of likely N-dealkylation sites (tertiary alicyclic amines) is 1. The van der Waals surface area contributed by atoms with Crippen molar-refractivity contribution in [2.45, 2.75) is 31.7 Å². The van der Waals surface area contributed by atoms with Crippen LogP contribution in [0.3, 0.4) is 0 Å². The lowest BCUT2D eigenvalue weighted by atomic mass is 10.1. The maximum atomic E-state index is 11.8. The maximum absolute atomic E-state index is 11.8. The summed E-state index contributed by atoms with van der Waals surface area (Å²) in [6.07, 6.45) is -4.77. The summed E-state index contributed by atoms with van der Waals surface area (Å²) in [6, 6.07) is 0. The molecule has 1 rings (SSSR count). The van der Waals surface area contributed by atoms with Crippen LogP contribution in [0.5, 0.6) is 0 Å². The molecule has 1 heterocycles. The highest BCUT2D eigenvalue weighted by atomic mass is 19.4. The smallest absolute Gasteiger partial charge is 0.421 e. The number of aliphatic hydroxyl groups excluding tert-OH is 1. The van der Waals surface area contributed by atoms with Crippen LogP contribution < -0.4 is 0 Å². The first-order valence-corrected chi connectivity index (χ1v) is 5.11. The maximum Gasteiger partial charge on any atom is 0.491 e. The number of piperidine rings is 1. The molecule has 0 aliphatic carbocycles. The Balaban J connectivity index is 2.49. The van der Waals surface area contributed by atoms with Crippen molar-refractivity contribution in [1.82, 2.24) is 4.90 Å². The third-order valence-corrected chi connectivity index (χ3v) is 2.38. The second-order valence-corrected chi connectivity index (χ2v) is 3.69. The van der Waals surface area contributed by atoms with Crippen LogP contribution in [-0.2, 0) is 9.53 Å². The molecule has 2 N–H and O–H groups in total. The molecule has 0 spiro atoms. The monoisotopic (exact) mass is 254 g/mol. The zero-order valence-corrected chi connectivity index (χ0v) is 8.96. The summed E-state index contributed by atoms with van der Waals surface area (Å²) < 4.78 is 39.3. The van der Waals surface area contributed by atoms with Gasteiger partial charge in [0.1, 0.15) is 0 Å². The highest BCUT2D eigenvalue weighted by molar-refractivity contribution is 5.85. The lowest BCUT2D eigenvalue weighted by Crippen LogP contribution is -2.44. The Morgan fingerprint density at radius 2 is 1.82 bits per heavy atom. The van der Waals surface area contributed by atoms with Gasteiger partial charge in [-0.05, 0) is 19.3 Å². The van der Waals surface area contributed by atoms with E-state index in [4.69, 9.17) is 5.41 Å². The van der Waals surface area contributed by atoms with Crippen molar-refractivity contribution in [1.29, 1.82) is 5.41 Å². The topological polar surface area (TPSA) is 73.6 Å². The van der Waals surface area contributed by atoms with Crippen LogP contribution in [0, 0.1) is 5.41 Å². The minimum Gasteiger partial charge on any atom is -0.421 e. The third-order valence-electron chi connectivity index (χ3n) is 2.38. The first kappa shape index (κ1) is 13.8. The number of hydrogen-bond donors (Lipinski definition) is 2. The van der Waals surface area contributed by atoms with Gasteiger partial charge in [-0.3, -0.25) is 5.41 Å². The zero-order valence-electron chi connectivity index (χ0n) is 8.96. The standard InChI is InChI=1S/C9H13F3N2O3/c10-9(11,12)8(16)17-7(15)6(13)14-4-2-1-3-5-14/h7,13,15H,1-5H2. The molecule has 5 nitrogen and oxygen atoms in total. The van der Waals surface area contributed by atoms with Crippen molar-refractivity contribution < 1.29 is 27.8 Å². The molecule has 0 aromatic carbocycles. The van der Waals surface area contributed by atoms with E-state index in [9.17, 15) is 23.1 Å². The van der Waals surface area contributed by atoms with Crippen molar-refractivity contribution >= 4 is 11.8 Å². The van der Waals surface area contributed by atoms with E-state index < -0.39 is 24.3 Å². The molecule has 17 heavy (non-hydrogen) atoms. The van der Waals surface area contributed by atoms with Gasteiger partial charge < -0.3 is 14.7 Å². The molecule has 0 bridgehead atoms. The summed E-state index contributed by atoms with van der Waals surface area (Å²) >= 11 is 0. The predicted molar refractivity (Wildman–Crippen MR) is 51.3 cm³/mol. The number of aliphatic hydroxyl groups is 1. The Morgan fingerprint density at radius 3 is 2.29 bits per heavy atom. The fourth-order valence-electron chi connectivity index (χ4n) is 1.52. The molecule has 98 valence electrons. The Labute approximate surface area is 95.7 Å². The molecule has 0 aromatic rings. The molecule has 8 heteroatoms. The Hall–Kier alpha value is -1.31. The molecule has 1 aliphatic rings. The van der Waals surface area contributed by atoms with E-state index in [0.29, 0.717) is 13.1 Å². The van der Waals surface area contributed by atoms with Gasteiger partial charge in [-0.15, -0.1) is 0 Å². The van der Waals surface area contributed by atoms with Crippen molar-refractivity contribution in [3.8, 4) is 0 Å². The van der Waals surface area contributed by atoms with Gasteiger partial charge in [0.2, 0.25) is 0 Å². The van der Waals surface area contributed by atoms with Gasteiger partial charge in [0.25, 0.3) is 6.29 Å². The van der Waals surface area contributed by atoms with Crippen LogP contribution >= 0.6 is 0 Å². The number of nitrogens with zero attached hydrogens (tertiary/aromatic N) is 1. The van der Waals surface area contributed by atoms with Gasteiger partial charge in [0.05, 0.1) is 0 Å². The number of carbonyl (C=O) groups is 1. The van der Waals surface area contributed by atoms with Crippen molar-refractivity contribution in [2.75, 3.05) is 13.1 Å². The first-order chi connectivity index (χ1) is 7.82. The summed E-state index contributed by atoms with van der Waals surface area (Å²) in [6.45, 7) is 0.943. The fourth-order valence-corrected chi connectivity index (χ4v) is 1.52. The average molecular weight is 254 g/mol. The second-order valence-electron chi connectivity index (χ2n) is 3.69. The van der Waals surface area contributed by atoms with E-state index in [0.717, 1.165) is 19.3 Å². The van der Waals surface area contributed by atoms with Gasteiger partial charge in [0.15, 0.2) is 5.84 Å². The van der Waals surface area contributed by atoms with Crippen LogP contribution in [-0.4, -0.2) is 47.4 Å². The van der Waals surface area contributed by atoms with E-state index in [1.54, 1.807) is 0 Å². The van der Waals surface area contributed by atoms with Crippen LogP contribution in [0.25, 0.3) is 0 Å². The summed E-state index contributed by atoms with van der Waals surface area (Å²) in [7, 11) is 0. The Bertz CT molecular complexity index is 300. The molecule has 1 aliphatic heterocycles. The second kappa shape index (κ2) is 5.35. The first-order valence-electron chi connectivity index (χ1n) is 5.11. The largest absolute Gasteiger partial charge is 0.491 e. The van der Waals surface area contributed by atoms with Crippen LogP contribution in [0.15, 0.2) is 0 Å². The van der Waals surface area contributed by atoms with E-state index in [2.05, 4.69) is 4.74 Å². The van der Waals surface area contributed by atoms with Gasteiger partial charge in [-0.25, -0.2) is 4.79 Å². The molecule has 1 unspecified atom stereocenters. The number of amidine groups is 1. The quantitative estimate of drug-likeness (QED) is 0.332. The molecule has 0 saturated carbocycles. The summed E-state index contributed by atoms with van der Waals surface area (Å²) in [5.74, 6) is -3.01. The number of hydrogen-bond acceptors (Lipinski definition) is 4. The van der Waals surface area contributed by atoms with E-state index in [1.807, 2.05) is 0 Å². The summed E-state index contributed by atoms with van der Waals surface area (Å²) in [5.41, 5.74) is 0. The number of esters is 1. The highest BCUT2D eigenvalue weighted by Crippen LogP contribution is 2.18. The van der Waals surface area contributed by atoms with Crippen LogP contribution in [0.2, 0.25) is 0 Å². The number of ether oxygens (including phenoxy) is 1. The lowest BCUT2D eigenvalue weighted by molar-refractivity contribution is -0.212. The van der Waals surface area contributed by atoms with E-state index in [1.165, 1.54) is 4.90 Å². The molecule has 0 amide bonds. The fraction of sp³-hybridized carbons (Fsp3) is 0.778. The molecular formula is C9H13F3N2O3. The van der Waals surface area contributed by atoms with Crippen molar-refractivity contribution in [3.05, 3.63) is 0 Å².